The van der Waals surface area contributed by atoms with Crippen LogP contribution >= 0.6 is 35.0 Å². The predicted octanol–water partition coefficient (Wildman–Crippen LogP) is 7.35. The number of halogens is 3. The van der Waals surface area contributed by atoms with E-state index in [2.05, 4.69) is 0 Å². The number of carbonyl (C=O) groups is 2. The highest BCUT2D eigenvalue weighted by Crippen LogP contribution is 2.40. The Bertz CT molecular complexity index is 1300. The quantitative estimate of drug-likeness (QED) is 0.306. The third kappa shape index (κ3) is 5.22. The molecule has 0 aromatic heterocycles. The lowest BCUT2D eigenvalue weighted by atomic mass is 10.1. The van der Waals surface area contributed by atoms with Gasteiger partial charge in [-0.05, 0) is 66.7 Å². The van der Waals surface area contributed by atoms with E-state index in [0.29, 0.717) is 34.2 Å². The summed E-state index contributed by atoms with van der Waals surface area (Å²) in [7, 11) is 0. The Kier molecular flexibility index (Phi) is 7.46. The summed E-state index contributed by atoms with van der Waals surface area (Å²) < 4.78 is 25.4. The second-order valence-electron chi connectivity index (χ2n) is 7.14. The summed E-state index contributed by atoms with van der Waals surface area (Å²) >= 11 is 13.3. The number of rotatable bonds is 7. The predicted molar refractivity (Wildman–Crippen MR) is 133 cm³/mol. The lowest BCUT2D eigenvalue weighted by molar-refractivity contribution is -0.113. The highest BCUT2D eigenvalue weighted by molar-refractivity contribution is 8.19. The largest absolute Gasteiger partial charge is 0.490 e. The first-order valence-corrected chi connectivity index (χ1v) is 11.8. The third-order valence-electron chi connectivity index (χ3n) is 4.82. The highest BCUT2D eigenvalue weighted by Gasteiger charge is 2.36. The molecule has 1 fully saturated rings. The van der Waals surface area contributed by atoms with Gasteiger partial charge in [0.05, 0.1) is 22.2 Å². The minimum absolute atomic E-state index is 0.0374. The Hall–Kier alpha value is -3.00. The number of nitrogens with zero attached hydrogens (tertiary/aromatic N) is 1. The average molecular weight is 518 g/mol. The molecule has 9 heteroatoms. The summed E-state index contributed by atoms with van der Waals surface area (Å²) in [6.45, 7) is 2.10. The molecule has 3 aromatic carbocycles. The fraction of sp³-hybridized carbons (Fsp3) is 0.120. The lowest BCUT2D eigenvalue weighted by Crippen LogP contribution is -2.27. The molecule has 174 valence electrons. The zero-order valence-corrected chi connectivity index (χ0v) is 20.2. The fourth-order valence-electron chi connectivity index (χ4n) is 3.30. The Balaban J connectivity index is 1.61. The van der Waals surface area contributed by atoms with Crippen molar-refractivity contribution >= 4 is 57.9 Å². The van der Waals surface area contributed by atoms with E-state index in [-0.39, 0.29) is 28.1 Å². The number of anilines is 1. The van der Waals surface area contributed by atoms with Gasteiger partial charge in [0.2, 0.25) is 0 Å². The normalized spacial score (nSPS) is 14.7. The molecule has 0 bridgehead atoms. The summed E-state index contributed by atoms with van der Waals surface area (Å²) in [4.78, 5) is 26.7. The Morgan fingerprint density at radius 1 is 1.03 bits per heavy atom. The van der Waals surface area contributed by atoms with Crippen LogP contribution in [0.5, 0.6) is 11.5 Å². The van der Waals surface area contributed by atoms with E-state index >= 15 is 0 Å². The molecule has 0 N–H and O–H groups in total. The average Bonchev–Trinajstić information content (AvgIpc) is 3.07. The van der Waals surface area contributed by atoms with Gasteiger partial charge in [0.1, 0.15) is 12.4 Å². The molecule has 1 saturated heterocycles. The second kappa shape index (κ2) is 10.5. The first-order chi connectivity index (χ1) is 16.4. The zero-order chi connectivity index (χ0) is 24.2. The number of carbonyl (C=O) groups excluding carboxylic acids is 2. The van der Waals surface area contributed by atoms with E-state index in [1.807, 2.05) is 0 Å². The van der Waals surface area contributed by atoms with Crippen molar-refractivity contribution in [3.05, 3.63) is 92.6 Å². The van der Waals surface area contributed by atoms with Crippen LogP contribution in [-0.4, -0.2) is 17.8 Å². The van der Waals surface area contributed by atoms with Crippen molar-refractivity contribution in [2.75, 3.05) is 11.5 Å². The summed E-state index contributed by atoms with van der Waals surface area (Å²) in [5.41, 5.74) is 1.31. The number of amides is 2. The molecular weight excluding hydrogens is 500 g/mol. The van der Waals surface area contributed by atoms with Gasteiger partial charge in [0.25, 0.3) is 11.1 Å². The third-order valence-corrected chi connectivity index (χ3v) is 6.20. The number of thioether (sulfide) groups is 1. The number of hydrogen-bond acceptors (Lipinski definition) is 5. The summed E-state index contributed by atoms with van der Waals surface area (Å²) in [5, 5.41) is 0.210. The van der Waals surface area contributed by atoms with Gasteiger partial charge in [0, 0.05) is 10.6 Å². The second-order valence-corrected chi connectivity index (χ2v) is 8.98. The minimum atomic E-state index is -0.466. The molecular formula is C25H18Cl2FNO4S. The van der Waals surface area contributed by atoms with Crippen LogP contribution in [0.15, 0.2) is 65.6 Å². The molecule has 0 saturated carbocycles. The van der Waals surface area contributed by atoms with E-state index in [9.17, 15) is 14.0 Å². The Morgan fingerprint density at radius 3 is 2.56 bits per heavy atom. The molecule has 2 amide bonds. The fourth-order valence-corrected chi connectivity index (χ4v) is 4.60. The van der Waals surface area contributed by atoms with Crippen molar-refractivity contribution in [2.45, 2.75) is 13.5 Å². The maximum atomic E-state index is 14.0. The van der Waals surface area contributed by atoms with Crippen molar-refractivity contribution in [2.24, 2.45) is 0 Å². The molecule has 0 atom stereocenters. The zero-order valence-electron chi connectivity index (χ0n) is 17.9. The van der Waals surface area contributed by atoms with Gasteiger partial charge in [-0.2, -0.15) is 0 Å². The van der Waals surface area contributed by atoms with Crippen LogP contribution in [0.2, 0.25) is 10.0 Å². The van der Waals surface area contributed by atoms with E-state index in [1.165, 1.54) is 6.07 Å². The van der Waals surface area contributed by atoms with Crippen molar-refractivity contribution in [1.82, 2.24) is 0 Å². The van der Waals surface area contributed by atoms with E-state index in [4.69, 9.17) is 32.7 Å². The summed E-state index contributed by atoms with van der Waals surface area (Å²) in [6.07, 6.45) is 1.56. The SMILES string of the molecule is CCOc1cc(/C=C2/SC(=O)N(c3cccc(Cl)c3)C2=O)cc(Cl)c1OCc1ccccc1F. The molecule has 1 aliphatic rings. The molecule has 0 aliphatic carbocycles. The van der Waals surface area contributed by atoms with Crippen molar-refractivity contribution in [3.8, 4) is 11.5 Å². The highest BCUT2D eigenvalue weighted by atomic mass is 35.5. The standard InChI is InChI=1S/C25H18Cl2FNO4S/c1-2-32-21-11-15(10-19(27)23(21)33-14-16-6-3-4-9-20(16)28)12-22-24(30)29(25(31)34-22)18-8-5-7-17(26)13-18/h3-13H,2,14H2,1H3/b22-12+. The lowest BCUT2D eigenvalue weighted by Gasteiger charge is -2.15. The van der Waals surface area contributed by atoms with Crippen molar-refractivity contribution < 1.29 is 23.5 Å². The summed E-state index contributed by atoms with van der Waals surface area (Å²) in [5.74, 6) is -0.252. The van der Waals surface area contributed by atoms with Crippen LogP contribution in [-0.2, 0) is 11.4 Å². The van der Waals surface area contributed by atoms with Gasteiger partial charge in [-0.25, -0.2) is 9.29 Å². The van der Waals surface area contributed by atoms with Crippen LogP contribution < -0.4 is 14.4 Å². The smallest absolute Gasteiger partial charge is 0.298 e. The maximum absolute atomic E-state index is 14.0. The first-order valence-electron chi connectivity index (χ1n) is 10.2. The van der Waals surface area contributed by atoms with Gasteiger partial charge in [-0.3, -0.25) is 9.59 Å². The number of benzene rings is 3. The molecule has 1 heterocycles. The molecule has 0 spiro atoms. The van der Waals surface area contributed by atoms with Crippen LogP contribution in [0, 0.1) is 5.82 Å². The molecule has 0 radical (unpaired) electrons. The number of ether oxygens (including phenoxy) is 2. The minimum Gasteiger partial charge on any atom is -0.490 e. The van der Waals surface area contributed by atoms with Crippen LogP contribution in [0.4, 0.5) is 14.9 Å². The van der Waals surface area contributed by atoms with E-state index in [1.54, 1.807) is 67.6 Å². The van der Waals surface area contributed by atoms with Gasteiger partial charge in [-0.15, -0.1) is 0 Å². The number of hydrogen-bond donors (Lipinski definition) is 0. The van der Waals surface area contributed by atoms with Crippen LogP contribution in [0.1, 0.15) is 18.1 Å². The van der Waals surface area contributed by atoms with E-state index < -0.39 is 11.1 Å². The number of imide groups is 1. The molecule has 4 rings (SSSR count). The Morgan fingerprint density at radius 2 is 1.82 bits per heavy atom. The van der Waals surface area contributed by atoms with Crippen molar-refractivity contribution in [3.63, 3.8) is 0 Å². The summed E-state index contributed by atoms with van der Waals surface area (Å²) in [6, 6.07) is 16.0. The van der Waals surface area contributed by atoms with Gasteiger partial charge in [-0.1, -0.05) is 47.5 Å². The van der Waals surface area contributed by atoms with Crippen LogP contribution in [0.25, 0.3) is 6.08 Å². The molecule has 0 unspecified atom stereocenters. The van der Waals surface area contributed by atoms with Gasteiger partial charge in [0.15, 0.2) is 11.5 Å². The van der Waals surface area contributed by atoms with Gasteiger partial charge >= 0.3 is 0 Å². The monoisotopic (exact) mass is 517 g/mol. The van der Waals surface area contributed by atoms with Gasteiger partial charge < -0.3 is 9.47 Å². The topological polar surface area (TPSA) is 55.8 Å². The molecule has 34 heavy (non-hydrogen) atoms. The molecule has 1 aliphatic heterocycles. The van der Waals surface area contributed by atoms with Crippen LogP contribution in [0.3, 0.4) is 0 Å². The maximum Gasteiger partial charge on any atom is 0.298 e. The van der Waals surface area contributed by atoms with Crippen molar-refractivity contribution in [1.29, 1.82) is 0 Å². The molecule has 5 nitrogen and oxygen atoms in total. The first kappa shape index (κ1) is 24.1. The Labute approximate surface area is 210 Å². The molecule has 3 aromatic rings. The van der Waals surface area contributed by atoms with E-state index in [0.717, 1.165) is 16.7 Å².